The van der Waals surface area contributed by atoms with E-state index in [-0.39, 0.29) is 12.7 Å². The molecule has 0 heterocycles. The third-order valence-electron chi connectivity index (χ3n) is 2.83. The highest BCUT2D eigenvalue weighted by Gasteiger charge is 2.37. The van der Waals surface area contributed by atoms with Gasteiger partial charge < -0.3 is 4.74 Å². The van der Waals surface area contributed by atoms with Crippen LogP contribution in [0, 0.1) is 0 Å². The lowest BCUT2D eigenvalue weighted by Gasteiger charge is -2.24. The van der Waals surface area contributed by atoms with E-state index in [1.54, 1.807) is 33.8 Å². The van der Waals surface area contributed by atoms with Gasteiger partial charge in [-0.15, -0.1) is 0 Å². The first-order valence-corrected chi connectivity index (χ1v) is 7.39. The van der Waals surface area contributed by atoms with Crippen molar-refractivity contribution in [1.82, 2.24) is 5.32 Å². The Bertz CT molecular complexity index is 651. The van der Waals surface area contributed by atoms with Crippen molar-refractivity contribution in [2.45, 2.75) is 39.2 Å². The molecule has 0 aromatic heterocycles. The molecule has 0 aliphatic rings. The number of carbonyl (C=O) groups excluding carboxylic acids is 1. The highest BCUT2D eigenvalue weighted by molar-refractivity contribution is 5.71. The minimum atomic E-state index is -3.37. The summed E-state index contributed by atoms with van der Waals surface area (Å²) in [7, 11) is 0. The zero-order valence-corrected chi connectivity index (χ0v) is 14.3. The van der Waals surface area contributed by atoms with Gasteiger partial charge in [-0.05, 0) is 27.7 Å². The number of alkyl halides is 2. The van der Waals surface area contributed by atoms with E-state index in [9.17, 15) is 13.6 Å². The maximum Gasteiger partial charge on any atom is 0.412 e. The van der Waals surface area contributed by atoms with Gasteiger partial charge in [0, 0.05) is 18.8 Å². The average molecular weight is 338 g/mol. The van der Waals surface area contributed by atoms with Crippen LogP contribution in [0.3, 0.4) is 0 Å². The summed E-state index contributed by atoms with van der Waals surface area (Å²) < 4.78 is 34.3. The van der Waals surface area contributed by atoms with Crippen LogP contribution in [0.4, 0.5) is 13.6 Å². The first-order chi connectivity index (χ1) is 11.1. The Kier molecular flexibility index (Phi) is 6.40. The Morgan fingerprint density at radius 1 is 1.29 bits per heavy atom. The normalized spacial score (nSPS) is 13.0. The summed E-state index contributed by atoms with van der Waals surface area (Å²) >= 11 is 0. The fourth-order valence-electron chi connectivity index (χ4n) is 1.74. The number of rotatable bonds is 5. The molecule has 4 nitrogen and oxygen atoms in total. The van der Waals surface area contributed by atoms with Crippen LogP contribution >= 0.6 is 0 Å². The number of benzene rings is 1. The number of amides is 1. The predicted molar refractivity (Wildman–Crippen MR) is 93.2 cm³/mol. The summed E-state index contributed by atoms with van der Waals surface area (Å²) in [5.41, 5.74) is -1.78. The van der Waals surface area contributed by atoms with Gasteiger partial charge in [0.1, 0.15) is 5.60 Å². The van der Waals surface area contributed by atoms with Crippen molar-refractivity contribution in [3.63, 3.8) is 0 Å². The number of alkyl carbamates (subject to hydrolysis) is 1. The summed E-state index contributed by atoms with van der Waals surface area (Å²) in [6.07, 6.45) is 1.67. The lowest BCUT2D eigenvalue weighted by molar-refractivity contribution is 0.0381. The zero-order valence-electron chi connectivity index (χ0n) is 14.3. The summed E-state index contributed by atoms with van der Waals surface area (Å²) in [6.45, 7) is 10.1. The molecule has 1 aromatic carbocycles. The van der Waals surface area contributed by atoms with E-state index >= 15 is 0 Å². The lowest BCUT2D eigenvalue weighted by atomic mass is 9.99. The van der Waals surface area contributed by atoms with Crippen LogP contribution in [0.5, 0.6) is 0 Å². The molecule has 1 aromatic rings. The van der Waals surface area contributed by atoms with Gasteiger partial charge in [-0.1, -0.05) is 36.9 Å². The summed E-state index contributed by atoms with van der Waals surface area (Å²) in [5, 5.41) is 2.29. The van der Waals surface area contributed by atoms with Crippen molar-refractivity contribution >= 4 is 12.3 Å². The molecule has 0 radical (unpaired) electrons. The van der Waals surface area contributed by atoms with E-state index in [2.05, 4.69) is 16.9 Å². The highest BCUT2D eigenvalue weighted by Crippen LogP contribution is 2.37. The topological polar surface area (TPSA) is 50.7 Å². The quantitative estimate of drug-likeness (QED) is 0.604. The number of allylic oxidation sites excluding steroid dienone is 1. The molecule has 6 heteroatoms. The molecule has 0 aliphatic heterocycles. The minimum absolute atomic E-state index is 0. The second-order valence-electron chi connectivity index (χ2n) is 6.00. The van der Waals surface area contributed by atoms with Crippen molar-refractivity contribution < 1.29 is 19.7 Å². The van der Waals surface area contributed by atoms with Crippen LogP contribution in [-0.2, 0) is 10.7 Å². The molecule has 1 rings (SSSR count). The third kappa shape index (κ3) is 5.61. The Morgan fingerprint density at radius 3 is 2.38 bits per heavy atom. The Labute approximate surface area is 142 Å². The summed E-state index contributed by atoms with van der Waals surface area (Å²) in [4.78, 5) is 15.7. The first-order valence-electron chi connectivity index (χ1n) is 7.39. The molecule has 0 bridgehead atoms. The van der Waals surface area contributed by atoms with Crippen LogP contribution in [0.2, 0.25) is 0 Å². The zero-order chi connectivity index (χ0) is 18.4. The predicted octanol–water partition coefficient (Wildman–Crippen LogP) is 5.04. The van der Waals surface area contributed by atoms with Gasteiger partial charge in [0.05, 0.1) is 11.9 Å². The molecule has 0 spiro atoms. The van der Waals surface area contributed by atoms with Gasteiger partial charge in [-0.2, -0.15) is 8.78 Å². The molecule has 132 valence electrons. The number of aliphatic imine (C=N–C) groups is 1. The highest BCUT2D eigenvalue weighted by atomic mass is 19.3. The number of hydrogen-bond acceptors (Lipinski definition) is 3. The molecular weight excluding hydrogens is 314 g/mol. The molecule has 24 heavy (non-hydrogen) atoms. The number of hydrogen-bond donors (Lipinski definition) is 1. The number of carbonyl (C=O) groups is 1. The Balaban J connectivity index is 0.00000576. The molecule has 0 saturated heterocycles. The maximum absolute atomic E-state index is 14.6. The van der Waals surface area contributed by atoms with Crippen molar-refractivity contribution in [2.24, 2.45) is 4.99 Å². The van der Waals surface area contributed by atoms with Crippen LogP contribution in [0.1, 0.15) is 34.7 Å². The number of nitrogens with zero attached hydrogens (tertiary/aromatic N) is 1. The monoisotopic (exact) mass is 338 g/mol. The van der Waals surface area contributed by atoms with E-state index in [1.807, 2.05) is 0 Å². The molecule has 0 unspecified atom stereocenters. The first kappa shape index (κ1) is 19.5. The van der Waals surface area contributed by atoms with Gasteiger partial charge in [0.25, 0.3) is 5.92 Å². The largest absolute Gasteiger partial charge is 0.444 e. The fourth-order valence-corrected chi connectivity index (χ4v) is 1.74. The van der Waals surface area contributed by atoms with Crippen molar-refractivity contribution in [3.8, 4) is 0 Å². The number of halogens is 2. The smallest absolute Gasteiger partial charge is 0.412 e. The van der Waals surface area contributed by atoms with E-state index in [0.717, 1.165) is 6.20 Å². The molecule has 0 fully saturated rings. The van der Waals surface area contributed by atoms with Crippen molar-refractivity contribution in [2.75, 3.05) is 0 Å². The Morgan fingerprint density at radius 2 is 1.88 bits per heavy atom. The van der Waals surface area contributed by atoms with Crippen LogP contribution in [0.15, 0.2) is 59.4 Å². The molecule has 0 atom stereocenters. The van der Waals surface area contributed by atoms with Gasteiger partial charge in [0.15, 0.2) is 0 Å². The molecular formula is C18H24F2N2O2. The van der Waals surface area contributed by atoms with E-state index in [1.165, 1.54) is 30.5 Å². The lowest BCUT2D eigenvalue weighted by Crippen LogP contribution is -2.34. The van der Waals surface area contributed by atoms with Gasteiger partial charge >= 0.3 is 6.09 Å². The van der Waals surface area contributed by atoms with Crippen LogP contribution in [0.25, 0.3) is 0 Å². The van der Waals surface area contributed by atoms with Crippen molar-refractivity contribution in [3.05, 3.63) is 59.9 Å². The fraction of sp³-hybridized carbons (Fsp3) is 0.333. The van der Waals surface area contributed by atoms with E-state index in [0.29, 0.717) is 0 Å². The second kappa shape index (κ2) is 7.86. The second-order valence-corrected chi connectivity index (χ2v) is 6.00. The number of nitrogens with one attached hydrogen (secondary N) is 1. The maximum atomic E-state index is 14.6. The average Bonchev–Trinajstić information content (AvgIpc) is 2.49. The third-order valence-corrected chi connectivity index (χ3v) is 2.83. The van der Waals surface area contributed by atoms with Crippen LogP contribution in [-0.4, -0.2) is 17.9 Å². The van der Waals surface area contributed by atoms with Gasteiger partial charge in [-0.3, -0.25) is 10.3 Å². The molecule has 1 N–H and O–H groups in total. The summed E-state index contributed by atoms with van der Waals surface area (Å²) in [6, 6.07) is 7.23. The van der Waals surface area contributed by atoms with E-state index < -0.39 is 23.2 Å². The van der Waals surface area contributed by atoms with E-state index in [4.69, 9.17) is 4.74 Å². The minimum Gasteiger partial charge on any atom is -0.444 e. The summed E-state index contributed by atoms with van der Waals surface area (Å²) in [5.74, 6) is -3.37. The van der Waals surface area contributed by atoms with Crippen LogP contribution < -0.4 is 5.32 Å². The molecule has 1 amide bonds. The van der Waals surface area contributed by atoms with Gasteiger partial charge in [-0.25, -0.2) is 4.79 Å². The van der Waals surface area contributed by atoms with Crippen molar-refractivity contribution in [1.29, 1.82) is 0 Å². The van der Waals surface area contributed by atoms with Gasteiger partial charge in [0.2, 0.25) is 0 Å². The molecule has 0 saturated carbocycles. The molecule has 0 aliphatic carbocycles. The standard InChI is InChI=1S/C18H22F2N2O2.H2/c1-6-21-12-15(22-16(23)24-17(3,4)5)13(2)18(19,20)14-10-8-7-9-11-14;/h6-12H,2H2,1,3-5H3,(H,22,23);1H/b15-12+,21-6?;. The number of ether oxygens (including phenoxy) is 1. The Hall–Kier alpha value is -2.50. The SMILES string of the molecule is C=C(/C(=C\N=CC)NC(=O)OC(C)(C)C)C(F)(F)c1ccccc1.[HH].